The number of ketones is 2. The first-order chi connectivity index (χ1) is 15.3. The lowest BCUT2D eigenvalue weighted by atomic mass is 9.92. The number of nitrogens with zero attached hydrogens (tertiary/aromatic N) is 1. The molecule has 0 aromatic heterocycles. The second-order valence-corrected chi connectivity index (χ2v) is 7.35. The number of esters is 1. The molecular weight excluding hydrogens is 471 g/mol. The van der Waals surface area contributed by atoms with Crippen molar-refractivity contribution in [3.8, 4) is 11.5 Å². The van der Waals surface area contributed by atoms with Crippen LogP contribution in [0.25, 0.3) is 0 Å². The Bertz CT molecular complexity index is 1100. The fourth-order valence-electron chi connectivity index (χ4n) is 2.83. The van der Waals surface area contributed by atoms with E-state index in [2.05, 4.69) is 4.74 Å². The van der Waals surface area contributed by atoms with Crippen molar-refractivity contribution >= 4 is 34.8 Å². The molecule has 0 aliphatic rings. The lowest BCUT2D eigenvalue weighted by Gasteiger charge is -2.13. The van der Waals surface area contributed by atoms with E-state index in [1.807, 2.05) is 0 Å². The standard InChI is InChI=1S/C21H17ClF3NO7/c1-11(7-13(27)9-19(28)32-2)20(29)15-10-14(4-5-17(15)26(30)31)33-18-6-3-12(8-16(18)22)21(23,24)25/h3-6,8,10-11H,7,9H2,1-2H3. The number of Topliss-reactive ketones (excluding diaryl/α,β-unsaturated/α-hetero) is 2. The number of nitro benzene ring substituents is 1. The number of carbonyl (C=O) groups excluding carboxylic acids is 3. The minimum absolute atomic E-state index is 0.0984. The maximum Gasteiger partial charge on any atom is 0.416 e. The Morgan fingerprint density at radius 2 is 1.82 bits per heavy atom. The molecule has 0 fully saturated rings. The molecule has 0 saturated carbocycles. The van der Waals surface area contributed by atoms with Crippen LogP contribution in [-0.2, 0) is 20.5 Å². The largest absolute Gasteiger partial charge is 0.469 e. The van der Waals surface area contributed by atoms with E-state index in [-0.39, 0.29) is 28.5 Å². The number of halogens is 4. The molecule has 0 radical (unpaired) electrons. The Morgan fingerprint density at radius 3 is 2.36 bits per heavy atom. The number of nitro groups is 1. The maximum absolute atomic E-state index is 12.8. The van der Waals surface area contributed by atoms with Crippen LogP contribution in [-0.4, -0.2) is 29.6 Å². The summed E-state index contributed by atoms with van der Waals surface area (Å²) in [6.07, 6.45) is -5.52. The molecule has 0 spiro atoms. The summed E-state index contributed by atoms with van der Waals surface area (Å²) in [5, 5.41) is 11.0. The van der Waals surface area contributed by atoms with Crippen LogP contribution in [0.3, 0.4) is 0 Å². The number of rotatable bonds is 9. The van der Waals surface area contributed by atoms with Crippen LogP contribution in [0.15, 0.2) is 36.4 Å². The van der Waals surface area contributed by atoms with Gasteiger partial charge in [0, 0.05) is 18.4 Å². The predicted molar refractivity (Wildman–Crippen MR) is 109 cm³/mol. The molecule has 0 aliphatic heterocycles. The van der Waals surface area contributed by atoms with Gasteiger partial charge in [-0.1, -0.05) is 18.5 Å². The smallest absolute Gasteiger partial charge is 0.416 e. The van der Waals surface area contributed by atoms with Crippen LogP contribution in [0.4, 0.5) is 18.9 Å². The molecule has 2 aromatic rings. The molecule has 33 heavy (non-hydrogen) atoms. The summed E-state index contributed by atoms with van der Waals surface area (Å²) in [4.78, 5) is 46.5. The highest BCUT2D eigenvalue weighted by Crippen LogP contribution is 2.37. The third-order valence-corrected chi connectivity index (χ3v) is 4.76. The van der Waals surface area contributed by atoms with E-state index in [1.165, 1.54) is 6.92 Å². The van der Waals surface area contributed by atoms with Gasteiger partial charge in [0.1, 0.15) is 23.7 Å². The van der Waals surface area contributed by atoms with Crippen molar-refractivity contribution in [2.45, 2.75) is 25.9 Å². The number of methoxy groups -OCH3 is 1. The minimum atomic E-state index is -4.61. The number of hydrogen-bond donors (Lipinski definition) is 0. The van der Waals surface area contributed by atoms with E-state index >= 15 is 0 Å². The van der Waals surface area contributed by atoms with Crippen molar-refractivity contribution in [2.24, 2.45) is 5.92 Å². The maximum atomic E-state index is 12.8. The van der Waals surface area contributed by atoms with Gasteiger partial charge in [-0.25, -0.2) is 0 Å². The zero-order valence-corrected chi connectivity index (χ0v) is 18.0. The lowest BCUT2D eigenvalue weighted by molar-refractivity contribution is -0.385. The highest BCUT2D eigenvalue weighted by atomic mass is 35.5. The second-order valence-electron chi connectivity index (χ2n) is 6.94. The van der Waals surface area contributed by atoms with E-state index in [0.29, 0.717) is 6.07 Å². The molecule has 1 atom stereocenters. The van der Waals surface area contributed by atoms with E-state index in [0.717, 1.165) is 37.4 Å². The van der Waals surface area contributed by atoms with Gasteiger partial charge in [-0.3, -0.25) is 24.5 Å². The zero-order valence-electron chi connectivity index (χ0n) is 17.3. The topological polar surface area (TPSA) is 113 Å². The molecule has 2 rings (SSSR count). The van der Waals surface area contributed by atoms with Crippen molar-refractivity contribution in [3.63, 3.8) is 0 Å². The highest BCUT2D eigenvalue weighted by molar-refractivity contribution is 6.32. The molecular formula is C21H17ClF3NO7. The number of hydrogen-bond acceptors (Lipinski definition) is 7. The van der Waals surface area contributed by atoms with Gasteiger partial charge in [0.15, 0.2) is 5.78 Å². The van der Waals surface area contributed by atoms with Gasteiger partial charge in [-0.15, -0.1) is 0 Å². The Kier molecular flexibility index (Phi) is 8.15. The SMILES string of the molecule is COC(=O)CC(=O)CC(C)C(=O)c1cc(Oc2ccc(C(F)(F)F)cc2Cl)ccc1[N+](=O)[O-]. The van der Waals surface area contributed by atoms with Gasteiger partial charge in [-0.2, -0.15) is 13.2 Å². The van der Waals surface area contributed by atoms with Gasteiger partial charge in [0.05, 0.1) is 28.2 Å². The van der Waals surface area contributed by atoms with Crippen molar-refractivity contribution in [2.75, 3.05) is 7.11 Å². The van der Waals surface area contributed by atoms with Crippen LogP contribution < -0.4 is 4.74 Å². The molecule has 0 bridgehead atoms. The molecule has 0 aliphatic carbocycles. The first kappa shape index (κ1) is 25.8. The van der Waals surface area contributed by atoms with Crippen molar-refractivity contribution in [3.05, 3.63) is 62.7 Å². The third-order valence-electron chi connectivity index (χ3n) is 4.47. The highest BCUT2D eigenvalue weighted by Gasteiger charge is 2.31. The molecule has 0 saturated heterocycles. The average Bonchev–Trinajstić information content (AvgIpc) is 2.73. The second kappa shape index (κ2) is 10.4. The first-order valence-corrected chi connectivity index (χ1v) is 9.67. The third kappa shape index (κ3) is 6.75. The van der Waals surface area contributed by atoms with Crippen molar-refractivity contribution in [1.29, 1.82) is 0 Å². The summed E-state index contributed by atoms with van der Waals surface area (Å²) < 4.78 is 48.2. The van der Waals surface area contributed by atoms with Crippen molar-refractivity contribution < 1.29 is 42.0 Å². The summed E-state index contributed by atoms with van der Waals surface area (Å²) in [7, 11) is 1.10. The average molecular weight is 488 g/mol. The van der Waals surface area contributed by atoms with Crippen LogP contribution in [0.1, 0.15) is 35.7 Å². The fourth-order valence-corrected chi connectivity index (χ4v) is 3.05. The predicted octanol–water partition coefficient (Wildman–Crippen LogP) is 5.40. The van der Waals surface area contributed by atoms with Gasteiger partial charge in [-0.05, 0) is 30.3 Å². The Labute approximate surface area is 190 Å². The molecule has 8 nitrogen and oxygen atoms in total. The summed E-state index contributed by atoms with van der Waals surface area (Å²) in [5.41, 5.74) is -1.93. The number of carbonyl (C=O) groups is 3. The number of alkyl halides is 3. The molecule has 0 N–H and O–H groups in total. The van der Waals surface area contributed by atoms with Gasteiger partial charge >= 0.3 is 12.1 Å². The quantitative estimate of drug-likeness (QED) is 0.153. The Hall–Kier alpha value is -3.47. The van der Waals surface area contributed by atoms with E-state index < -0.39 is 52.2 Å². The van der Waals surface area contributed by atoms with Gasteiger partial charge in [0.2, 0.25) is 0 Å². The van der Waals surface area contributed by atoms with E-state index in [9.17, 15) is 37.7 Å². The Balaban J connectivity index is 2.31. The summed E-state index contributed by atoms with van der Waals surface area (Å²) in [6.45, 7) is 1.36. The molecule has 176 valence electrons. The first-order valence-electron chi connectivity index (χ1n) is 9.29. The molecule has 0 amide bonds. The van der Waals surface area contributed by atoms with E-state index in [1.54, 1.807) is 0 Å². The van der Waals surface area contributed by atoms with Crippen LogP contribution >= 0.6 is 11.6 Å². The lowest BCUT2D eigenvalue weighted by Crippen LogP contribution is -2.19. The number of benzene rings is 2. The normalized spacial score (nSPS) is 12.1. The Morgan fingerprint density at radius 1 is 1.15 bits per heavy atom. The van der Waals surface area contributed by atoms with Crippen LogP contribution in [0.5, 0.6) is 11.5 Å². The fraction of sp³-hybridized carbons (Fsp3) is 0.286. The zero-order chi connectivity index (χ0) is 24.9. The molecule has 0 heterocycles. The minimum Gasteiger partial charge on any atom is -0.469 e. The molecule has 1 unspecified atom stereocenters. The van der Waals surface area contributed by atoms with E-state index in [4.69, 9.17) is 16.3 Å². The monoisotopic (exact) mass is 487 g/mol. The van der Waals surface area contributed by atoms with Gasteiger partial charge < -0.3 is 9.47 Å². The van der Waals surface area contributed by atoms with Crippen LogP contribution in [0.2, 0.25) is 5.02 Å². The summed E-state index contributed by atoms with van der Waals surface area (Å²) in [5.74, 6) is -3.41. The molecule has 2 aromatic carbocycles. The number of ether oxygens (including phenoxy) is 2. The summed E-state index contributed by atoms with van der Waals surface area (Å²) in [6, 6.07) is 5.55. The summed E-state index contributed by atoms with van der Waals surface area (Å²) >= 11 is 5.86. The molecule has 12 heteroatoms. The van der Waals surface area contributed by atoms with Gasteiger partial charge in [0.25, 0.3) is 5.69 Å². The van der Waals surface area contributed by atoms with Crippen LogP contribution in [0, 0.1) is 16.0 Å². The van der Waals surface area contributed by atoms with Crippen molar-refractivity contribution in [1.82, 2.24) is 0 Å².